The second kappa shape index (κ2) is 7.61. The molecule has 0 aliphatic carbocycles. The molecule has 7 nitrogen and oxygen atoms in total. The lowest BCUT2D eigenvalue weighted by molar-refractivity contribution is -0.677. The lowest BCUT2D eigenvalue weighted by atomic mass is 10.3. The molecular formula is C14H19N3O4. The van der Waals surface area contributed by atoms with Gasteiger partial charge in [0.15, 0.2) is 5.95 Å². The summed E-state index contributed by atoms with van der Waals surface area (Å²) in [5, 5.41) is 18.7. The predicted octanol–water partition coefficient (Wildman–Crippen LogP) is 0.160. The smallest absolute Gasteiger partial charge is 0.253 e. The molecule has 0 aliphatic heterocycles. The molecule has 0 bridgehead atoms. The molecule has 1 aromatic heterocycles. The van der Waals surface area contributed by atoms with E-state index in [1.54, 1.807) is 26.4 Å². The van der Waals surface area contributed by atoms with Gasteiger partial charge in [0, 0.05) is 25.8 Å². The van der Waals surface area contributed by atoms with Crippen LogP contribution in [0.5, 0.6) is 11.7 Å². The minimum absolute atomic E-state index is 0.387. The van der Waals surface area contributed by atoms with E-state index in [0.29, 0.717) is 18.8 Å². The topological polar surface area (TPSA) is 83.5 Å². The van der Waals surface area contributed by atoms with E-state index < -0.39 is 5.95 Å². The second-order valence-corrected chi connectivity index (χ2v) is 4.44. The van der Waals surface area contributed by atoms with E-state index in [1.807, 2.05) is 12.1 Å². The van der Waals surface area contributed by atoms with E-state index in [-0.39, 0.29) is 0 Å². The first-order chi connectivity index (χ1) is 10.3. The maximum Gasteiger partial charge on any atom is 0.253 e. The summed E-state index contributed by atoms with van der Waals surface area (Å²) in [5.41, 5.74) is 1.20. The molecule has 21 heavy (non-hydrogen) atoms. The van der Waals surface area contributed by atoms with Gasteiger partial charge < -0.3 is 24.4 Å². The van der Waals surface area contributed by atoms with Gasteiger partial charge in [-0.05, 0) is 29.8 Å². The number of hydrogen-bond acceptors (Lipinski definition) is 6. The molecule has 0 atom stereocenters. The van der Waals surface area contributed by atoms with Crippen molar-refractivity contribution >= 4 is 0 Å². The van der Waals surface area contributed by atoms with Crippen molar-refractivity contribution in [3.63, 3.8) is 0 Å². The SMILES string of the molecule is COCCCNCc1c([O-])on[n+]1-c1ccc(OC)cc1. The molecule has 0 fully saturated rings. The van der Waals surface area contributed by atoms with Gasteiger partial charge in [0.05, 0.1) is 18.9 Å². The summed E-state index contributed by atoms with van der Waals surface area (Å²) in [7, 11) is 3.26. The van der Waals surface area contributed by atoms with Crippen molar-refractivity contribution in [3.8, 4) is 17.4 Å². The fraction of sp³-hybridized carbons (Fsp3) is 0.429. The highest BCUT2D eigenvalue weighted by atomic mass is 16.6. The van der Waals surface area contributed by atoms with E-state index in [9.17, 15) is 5.11 Å². The van der Waals surface area contributed by atoms with Crippen LogP contribution in [0.3, 0.4) is 0 Å². The molecule has 0 saturated carbocycles. The molecule has 0 saturated heterocycles. The number of methoxy groups -OCH3 is 2. The van der Waals surface area contributed by atoms with Crippen molar-refractivity contribution in [2.75, 3.05) is 27.4 Å². The van der Waals surface area contributed by atoms with Crippen molar-refractivity contribution in [1.29, 1.82) is 0 Å². The molecule has 0 unspecified atom stereocenters. The second-order valence-electron chi connectivity index (χ2n) is 4.44. The molecule has 0 amide bonds. The largest absolute Gasteiger partial charge is 0.539 e. The van der Waals surface area contributed by atoms with Crippen LogP contribution in [0.4, 0.5) is 0 Å². The molecule has 7 heteroatoms. The van der Waals surface area contributed by atoms with Gasteiger partial charge in [-0.25, -0.2) is 0 Å². The van der Waals surface area contributed by atoms with Crippen LogP contribution in [0.15, 0.2) is 28.8 Å². The van der Waals surface area contributed by atoms with E-state index in [1.165, 1.54) is 4.68 Å². The van der Waals surface area contributed by atoms with E-state index >= 15 is 0 Å². The third kappa shape index (κ3) is 3.93. The van der Waals surface area contributed by atoms with Crippen LogP contribution in [0.1, 0.15) is 12.1 Å². The Morgan fingerprint density at radius 1 is 1.29 bits per heavy atom. The van der Waals surface area contributed by atoms with Crippen molar-refractivity contribution in [2.24, 2.45) is 0 Å². The summed E-state index contributed by atoms with van der Waals surface area (Å²) in [6.07, 6.45) is 0.874. The van der Waals surface area contributed by atoms with Gasteiger partial charge >= 0.3 is 0 Å². The maximum atomic E-state index is 11.7. The summed E-state index contributed by atoms with van der Waals surface area (Å²) in [6, 6.07) is 7.24. The molecule has 1 heterocycles. The molecule has 114 valence electrons. The van der Waals surface area contributed by atoms with Gasteiger partial charge in [0.1, 0.15) is 5.75 Å². The van der Waals surface area contributed by atoms with Crippen LogP contribution in [0.25, 0.3) is 5.69 Å². The fourth-order valence-electron chi connectivity index (χ4n) is 1.89. The zero-order chi connectivity index (χ0) is 15.1. The summed E-state index contributed by atoms with van der Waals surface area (Å²) in [5.74, 6) is 0.300. The highest BCUT2D eigenvalue weighted by Crippen LogP contribution is 2.14. The molecule has 0 spiro atoms. The number of ether oxygens (including phenoxy) is 2. The summed E-state index contributed by atoms with van der Waals surface area (Å²) in [6.45, 7) is 1.82. The van der Waals surface area contributed by atoms with Gasteiger partial charge in [0.25, 0.3) is 5.69 Å². The van der Waals surface area contributed by atoms with Crippen LogP contribution in [0.2, 0.25) is 0 Å². The summed E-state index contributed by atoms with van der Waals surface area (Å²) in [4.78, 5) is 0. The monoisotopic (exact) mass is 293 g/mol. The van der Waals surface area contributed by atoms with Crippen LogP contribution in [-0.4, -0.2) is 32.6 Å². The Bertz CT molecular complexity index is 554. The number of rotatable bonds is 8. The molecule has 2 rings (SSSR count). The van der Waals surface area contributed by atoms with E-state index in [2.05, 4.69) is 10.6 Å². The van der Waals surface area contributed by atoms with Crippen molar-refractivity contribution in [1.82, 2.24) is 10.6 Å². The molecule has 1 aromatic carbocycles. The first-order valence-electron chi connectivity index (χ1n) is 6.68. The molecule has 0 aliphatic rings. The number of aromatic nitrogens is 2. The maximum absolute atomic E-state index is 11.7. The van der Waals surface area contributed by atoms with Crippen molar-refractivity contribution in [2.45, 2.75) is 13.0 Å². The number of benzene rings is 1. The van der Waals surface area contributed by atoms with Gasteiger partial charge in [0.2, 0.25) is 5.69 Å². The van der Waals surface area contributed by atoms with Gasteiger partial charge in [-0.15, -0.1) is 0 Å². The molecular weight excluding hydrogens is 274 g/mol. The molecule has 1 N–H and O–H groups in total. The standard InChI is InChI=1S/C14H19N3O4/c1-19-9-3-8-15-10-13-14(18)21-16-17(13)11-4-6-12(20-2)7-5-11/h4-7,15H,3,8-10H2,1-2H3. The lowest BCUT2D eigenvalue weighted by Crippen LogP contribution is -2.39. The zero-order valence-electron chi connectivity index (χ0n) is 12.2. The number of nitrogens with one attached hydrogen (secondary N) is 1. The zero-order valence-corrected chi connectivity index (χ0v) is 12.2. The normalized spacial score (nSPS) is 10.8. The number of hydrogen-bond donors (Lipinski definition) is 1. The predicted molar refractivity (Wildman–Crippen MR) is 72.2 cm³/mol. The Morgan fingerprint density at radius 2 is 2.05 bits per heavy atom. The van der Waals surface area contributed by atoms with Crippen molar-refractivity contribution < 1.29 is 23.8 Å². The minimum Gasteiger partial charge on any atom is -0.539 e. The molecule has 0 radical (unpaired) electrons. The minimum atomic E-state index is -0.440. The van der Waals surface area contributed by atoms with Crippen LogP contribution in [0, 0.1) is 0 Å². The average molecular weight is 293 g/mol. The molecule has 2 aromatic rings. The van der Waals surface area contributed by atoms with Crippen molar-refractivity contribution in [3.05, 3.63) is 30.0 Å². The summed E-state index contributed by atoms with van der Waals surface area (Å²) >= 11 is 0. The fourth-order valence-corrected chi connectivity index (χ4v) is 1.89. The Morgan fingerprint density at radius 3 is 2.71 bits per heavy atom. The average Bonchev–Trinajstić information content (AvgIpc) is 2.88. The summed E-state index contributed by atoms with van der Waals surface area (Å²) < 4.78 is 16.3. The first kappa shape index (κ1) is 15.3. The van der Waals surface area contributed by atoms with E-state index in [4.69, 9.17) is 14.0 Å². The quantitative estimate of drug-likeness (QED) is 0.551. The Hall–Kier alpha value is -2.12. The highest BCUT2D eigenvalue weighted by molar-refractivity contribution is 5.31. The highest BCUT2D eigenvalue weighted by Gasteiger charge is 2.19. The Kier molecular flexibility index (Phi) is 5.53. The first-order valence-corrected chi connectivity index (χ1v) is 6.68. The third-order valence-corrected chi connectivity index (χ3v) is 3.01. The lowest BCUT2D eigenvalue weighted by Gasteiger charge is -2.02. The van der Waals surface area contributed by atoms with E-state index in [0.717, 1.165) is 24.4 Å². The van der Waals surface area contributed by atoms with Crippen LogP contribution >= 0.6 is 0 Å². The third-order valence-electron chi connectivity index (χ3n) is 3.01. The van der Waals surface area contributed by atoms with Crippen LogP contribution in [-0.2, 0) is 11.3 Å². The van der Waals surface area contributed by atoms with Gasteiger partial charge in [-0.2, -0.15) is 0 Å². The van der Waals surface area contributed by atoms with Crippen LogP contribution < -0.4 is 19.8 Å². The Balaban J connectivity index is 2.06. The Labute approximate surface area is 123 Å². The van der Waals surface area contributed by atoms with Gasteiger partial charge in [-0.1, -0.05) is 0 Å². The van der Waals surface area contributed by atoms with Gasteiger partial charge in [-0.3, -0.25) is 0 Å². The number of nitrogens with zero attached hydrogens (tertiary/aromatic N) is 2.